The van der Waals surface area contributed by atoms with E-state index in [0.29, 0.717) is 19.6 Å². The number of hydrogen-bond donors (Lipinski definition) is 1. The lowest BCUT2D eigenvalue weighted by atomic mass is 9.87. The van der Waals surface area contributed by atoms with Gasteiger partial charge in [0.25, 0.3) is 0 Å². The van der Waals surface area contributed by atoms with Crippen LogP contribution in [0.4, 0.5) is 0 Å². The molecule has 0 saturated carbocycles. The second-order valence-electron chi connectivity index (χ2n) is 4.29. The lowest BCUT2D eigenvalue weighted by Gasteiger charge is -2.32. The summed E-state index contributed by atoms with van der Waals surface area (Å²) in [4.78, 5) is 0. The molecule has 0 atom stereocenters. The number of benzene rings is 1. The van der Waals surface area contributed by atoms with Gasteiger partial charge < -0.3 is 9.84 Å². The molecule has 0 radical (unpaired) electrons. The van der Waals surface area contributed by atoms with Crippen LogP contribution in [0.2, 0.25) is 0 Å². The third-order valence-corrected chi connectivity index (χ3v) is 3.79. The van der Waals surface area contributed by atoms with E-state index in [1.54, 1.807) is 0 Å². The van der Waals surface area contributed by atoms with E-state index in [0.717, 1.165) is 27.4 Å². The minimum atomic E-state index is -0.599. The molecule has 0 bridgehead atoms. The highest BCUT2D eigenvalue weighted by atomic mass is 79.9. The fraction of sp³-hybridized carbons (Fsp3) is 0.500. The molecule has 1 aromatic carbocycles. The highest BCUT2D eigenvalue weighted by Crippen LogP contribution is 2.28. The quantitative estimate of drug-likeness (QED) is 0.887. The minimum Gasteiger partial charge on any atom is -0.389 e. The second kappa shape index (κ2) is 5.17. The molecule has 1 fully saturated rings. The van der Waals surface area contributed by atoms with Crippen LogP contribution < -0.4 is 0 Å². The molecule has 0 spiro atoms. The van der Waals surface area contributed by atoms with Crippen molar-refractivity contribution in [1.29, 1.82) is 0 Å². The maximum atomic E-state index is 10.4. The fourth-order valence-corrected chi connectivity index (χ4v) is 3.41. The largest absolute Gasteiger partial charge is 0.389 e. The van der Waals surface area contributed by atoms with Gasteiger partial charge in [-0.2, -0.15) is 0 Å². The Balaban J connectivity index is 2.13. The van der Waals surface area contributed by atoms with E-state index in [-0.39, 0.29) is 0 Å². The highest BCUT2D eigenvalue weighted by molar-refractivity contribution is 9.11. The topological polar surface area (TPSA) is 29.5 Å². The van der Waals surface area contributed by atoms with E-state index in [2.05, 4.69) is 44.0 Å². The van der Waals surface area contributed by atoms with Crippen LogP contribution in [0.1, 0.15) is 18.4 Å². The Hall–Kier alpha value is 0.1000. The average molecular weight is 350 g/mol. The number of ether oxygens (including phenoxy) is 1. The van der Waals surface area contributed by atoms with Crippen molar-refractivity contribution in [3.63, 3.8) is 0 Å². The molecule has 1 N–H and O–H groups in total. The Morgan fingerprint density at radius 2 is 1.69 bits per heavy atom. The maximum absolute atomic E-state index is 10.4. The van der Waals surface area contributed by atoms with Crippen LogP contribution in [0.25, 0.3) is 0 Å². The van der Waals surface area contributed by atoms with Gasteiger partial charge in [0.15, 0.2) is 0 Å². The number of halogens is 2. The fourth-order valence-electron chi connectivity index (χ4n) is 2.02. The van der Waals surface area contributed by atoms with Crippen LogP contribution in [0.15, 0.2) is 27.1 Å². The molecule has 1 aliphatic heterocycles. The Kier molecular flexibility index (Phi) is 4.06. The second-order valence-corrected chi connectivity index (χ2v) is 6.12. The third-order valence-electron chi connectivity index (χ3n) is 2.88. The predicted molar refractivity (Wildman–Crippen MR) is 70.5 cm³/mol. The SMILES string of the molecule is OC1(Cc2cc(Br)cc(Br)c2)CCOCC1. The van der Waals surface area contributed by atoms with Gasteiger partial charge in [-0.25, -0.2) is 0 Å². The van der Waals surface area contributed by atoms with E-state index in [4.69, 9.17) is 4.74 Å². The molecular formula is C12H14Br2O2. The summed E-state index contributed by atoms with van der Waals surface area (Å²) in [5.74, 6) is 0. The summed E-state index contributed by atoms with van der Waals surface area (Å²) >= 11 is 6.92. The summed E-state index contributed by atoms with van der Waals surface area (Å²) in [6.45, 7) is 1.32. The number of rotatable bonds is 2. The first-order valence-electron chi connectivity index (χ1n) is 5.33. The molecular weight excluding hydrogens is 336 g/mol. The van der Waals surface area contributed by atoms with E-state index < -0.39 is 5.60 Å². The zero-order chi connectivity index (χ0) is 11.6. The normalized spacial score (nSPS) is 19.7. The molecule has 1 saturated heterocycles. The predicted octanol–water partition coefficient (Wildman–Crippen LogP) is 3.30. The van der Waals surface area contributed by atoms with Gasteiger partial charge in [-0.15, -0.1) is 0 Å². The Labute approximate surface area is 112 Å². The van der Waals surface area contributed by atoms with Crippen molar-refractivity contribution in [2.24, 2.45) is 0 Å². The minimum absolute atomic E-state index is 0.599. The molecule has 0 aliphatic carbocycles. The summed E-state index contributed by atoms with van der Waals surface area (Å²) in [6.07, 6.45) is 2.13. The van der Waals surface area contributed by atoms with Crippen molar-refractivity contribution >= 4 is 31.9 Å². The van der Waals surface area contributed by atoms with E-state index in [1.165, 1.54) is 0 Å². The van der Waals surface area contributed by atoms with E-state index in [1.807, 2.05) is 6.07 Å². The summed E-state index contributed by atoms with van der Waals surface area (Å²) in [6, 6.07) is 6.11. The van der Waals surface area contributed by atoms with Crippen molar-refractivity contribution in [3.8, 4) is 0 Å². The summed E-state index contributed by atoms with van der Waals surface area (Å²) in [5, 5.41) is 10.4. The van der Waals surface area contributed by atoms with Gasteiger partial charge in [-0.1, -0.05) is 31.9 Å². The van der Waals surface area contributed by atoms with Gasteiger partial charge in [0.05, 0.1) is 5.60 Å². The lowest BCUT2D eigenvalue weighted by Crippen LogP contribution is -2.38. The summed E-state index contributed by atoms with van der Waals surface area (Å²) in [7, 11) is 0. The maximum Gasteiger partial charge on any atom is 0.0731 e. The van der Waals surface area contributed by atoms with Gasteiger partial charge in [-0.05, 0) is 36.6 Å². The smallest absolute Gasteiger partial charge is 0.0731 e. The average Bonchev–Trinajstić information content (AvgIpc) is 2.15. The molecule has 0 unspecified atom stereocenters. The van der Waals surface area contributed by atoms with Crippen LogP contribution in [-0.2, 0) is 11.2 Å². The Bertz CT molecular complexity index is 353. The van der Waals surface area contributed by atoms with Crippen LogP contribution >= 0.6 is 31.9 Å². The van der Waals surface area contributed by atoms with Gasteiger partial charge >= 0.3 is 0 Å². The van der Waals surface area contributed by atoms with Gasteiger partial charge in [-0.3, -0.25) is 0 Å². The molecule has 0 amide bonds. The van der Waals surface area contributed by atoms with Crippen molar-refractivity contribution in [1.82, 2.24) is 0 Å². The van der Waals surface area contributed by atoms with Gasteiger partial charge in [0.2, 0.25) is 0 Å². The van der Waals surface area contributed by atoms with E-state index in [9.17, 15) is 5.11 Å². The number of aliphatic hydroxyl groups is 1. The first-order valence-corrected chi connectivity index (χ1v) is 6.91. The zero-order valence-electron chi connectivity index (χ0n) is 8.88. The summed E-state index contributed by atoms with van der Waals surface area (Å²) < 4.78 is 7.34. The Morgan fingerprint density at radius 3 is 2.25 bits per heavy atom. The molecule has 2 nitrogen and oxygen atoms in total. The van der Waals surface area contributed by atoms with Gasteiger partial charge in [0.1, 0.15) is 0 Å². The first kappa shape index (κ1) is 12.6. The van der Waals surface area contributed by atoms with Crippen molar-refractivity contribution in [2.45, 2.75) is 24.9 Å². The molecule has 2 rings (SSSR count). The molecule has 1 aliphatic rings. The lowest BCUT2D eigenvalue weighted by molar-refractivity contribution is -0.0625. The Morgan fingerprint density at radius 1 is 1.12 bits per heavy atom. The summed E-state index contributed by atoms with van der Waals surface area (Å²) in [5.41, 5.74) is 0.545. The zero-order valence-corrected chi connectivity index (χ0v) is 12.1. The van der Waals surface area contributed by atoms with Crippen LogP contribution in [0, 0.1) is 0 Å². The monoisotopic (exact) mass is 348 g/mol. The van der Waals surface area contributed by atoms with Crippen molar-refractivity contribution in [3.05, 3.63) is 32.7 Å². The van der Waals surface area contributed by atoms with Crippen LogP contribution in [0.3, 0.4) is 0 Å². The highest BCUT2D eigenvalue weighted by Gasteiger charge is 2.29. The standard InChI is InChI=1S/C12H14Br2O2/c13-10-5-9(6-11(14)7-10)8-12(15)1-3-16-4-2-12/h5-7,15H,1-4,8H2. The van der Waals surface area contributed by atoms with Crippen LogP contribution in [-0.4, -0.2) is 23.9 Å². The third kappa shape index (κ3) is 3.29. The molecule has 0 aromatic heterocycles. The molecule has 1 heterocycles. The molecule has 1 aromatic rings. The van der Waals surface area contributed by atoms with Crippen molar-refractivity contribution in [2.75, 3.05) is 13.2 Å². The van der Waals surface area contributed by atoms with E-state index >= 15 is 0 Å². The van der Waals surface area contributed by atoms with Gasteiger partial charge in [0, 0.05) is 28.6 Å². The van der Waals surface area contributed by atoms with Crippen LogP contribution in [0.5, 0.6) is 0 Å². The van der Waals surface area contributed by atoms with Crippen molar-refractivity contribution < 1.29 is 9.84 Å². The first-order chi connectivity index (χ1) is 7.57. The molecule has 4 heteroatoms. The molecule has 16 heavy (non-hydrogen) atoms. The molecule has 88 valence electrons. The number of hydrogen-bond acceptors (Lipinski definition) is 2.